The molecule has 3 aliphatic rings. The summed E-state index contributed by atoms with van der Waals surface area (Å²) in [4.78, 5) is 24.1. The molecule has 4 rings (SSSR count). The van der Waals surface area contributed by atoms with Crippen LogP contribution in [0.5, 0.6) is 0 Å². The molecule has 0 aromatic heterocycles. The molecule has 4 atom stereocenters. The summed E-state index contributed by atoms with van der Waals surface area (Å²) in [6, 6.07) is 0.886. The molecule has 1 aromatic carbocycles. The number of rotatable bonds is 4. The molecule has 0 saturated carbocycles. The van der Waals surface area contributed by atoms with Crippen molar-refractivity contribution in [2.45, 2.75) is 37.9 Å². The second-order valence-corrected chi connectivity index (χ2v) is 8.37. The van der Waals surface area contributed by atoms with Crippen molar-refractivity contribution >= 4 is 19.5 Å². The number of nitrogens with zero attached hydrogens (tertiary/aromatic N) is 1. The van der Waals surface area contributed by atoms with Gasteiger partial charge in [-0.15, -0.1) is 0 Å². The van der Waals surface area contributed by atoms with Crippen LogP contribution in [0.4, 0.5) is 17.6 Å². The molecule has 162 valence electrons. The fourth-order valence-electron chi connectivity index (χ4n) is 3.24. The van der Waals surface area contributed by atoms with E-state index in [9.17, 15) is 31.7 Å². The molecule has 2 saturated heterocycles. The van der Waals surface area contributed by atoms with Crippen LogP contribution in [-0.4, -0.2) is 41.6 Å². The van der Waals surface area contributed by atoms with E-state index in [1.807, 2.05) is 0 Å². The molecule has 30 heavy (non-hydrogen) atoms. The van der Waals surface area contributed by atoms with Crippen molar-refractivity contribution in [1.82, 2.24) is 4.90 Å². The molecule has 0 unspecified atom stereocenters. The quantitative estimate of drug-likeness (QED) is 0.395. The van der Waals surface area contributed by atoms with Crippen LogP contribution in [0.15, 0.2) is 24.2 Å². The lowest BCUT2D eigenvalue weighted by Crippen LogP contribution is -2.40. The van der Waals surface area contributed by atoms with Gasteiger partial charge in [0.2, 0.25) is 11.7 Å². The molecule has 0 bridgehead atoms. The van der Waals surface area contributed by atoms with Gasteiger partial charge in [-0.1, -0.05) is 0 Å². The summed E-state index contributed by atoms with van der Waals surface area (Å²) in [6.07, 6.45) is -2.61. The zero-order valence-corrected chi connectivity index (χ0v) is 16.0. The highest BCUT2D eigenvalue weighted by Crippen LogP contribution is 2.56. The summed E-state index contributed by atoms with van der Waals surface area (Å²) in [6.45, 7) is -1.14. The maximum absolute atomic E-state index is 13.7. The Morgan fingerprint density at radius 2 is 1.83 bits per heavy atom. The third kappa shape index (κ3) is 4.06. The highest BCUT2D eigenvalue weighted by molar-refractivity contribution is 7.48. The predicted octanol–water partition coefficient (Wildman–Crippen LogP) is 2.87. The smallest absolute Gasteiger partial charge is 0.349 e. The second kappa shape index (κ2) is 7.86. The molecule has 0 radical (unpaired) electrons. The van der Waals surface area contributed by atoms with Crippen LogP contribution in [0.2, 0.25) is 0 Å². The van der Waals surface area contributed by atoms with Crippen LogP contribution in [-0.2, 0) is 39.1 Å². The standard InChI is InChI=1S/C17H14F4NO7P/c18-8-1-10(19)9(11(20)2-8)6-26-30(25)27-7-15-14(29-30)4-17(28-15)22-5-12(21)13(23)3-16(22)24/h1-2,5,14-15,17H,3-4,6-7H2/t14-,15+,17+,30+/m0/s1. The number of halogens is 4. The van der Waals surface area contributed by atoms with Gasteiger partial charge in [0.25, 0.3) is 0 Å². The topological polar surface area (TPSA) is 91.4 Å². The Bertz CT molecular complexity index is 964. The van der Waals surface area contributed by atoms with Crippen molar-refractivity contribution in [3.63, 3.8) is 0 Å². The number of Topliss-reactive ketones (excluding diaryl/α,β-unsaturated/α-hetero) is 1. The molecule has 8 nitrogen and oxygen atoms in total. The lowest BCUT2D eigenvalue weighted by atomic mass is 10.1. The summed E-state index contributed by atoms with van der Waals surface area (Å²) in [5.41, 5.74) is -0.661. The van der Waals surface area contributed by atoms with Crippen LogP contribution in [0.25, 0.3) is 0 Å². The average molecular weight is 451 g/mol. The van der Waals surface area contributed by atoms with E-state index < -0.39 is 79.8 Å². The van der Waals surface area contributed by atoms with Gasteiger partial charge in [0.15, 0.2) is 5.83 Å². The van der Waals surface area contributed by atoms with Gasteiger partial charge in [-0.3, -0.25) is 28.1 Å². The minimum atomic E-state index is -4.26. The number of fused-ring (bicyclic) bond motifs is 1. The van der Waals surface area contributed by atoms with E-state index in [-0.39, 0.29) is 13.0 Å². The number of carbonyl (C=O) groups excluding carboxylic acids is 2. The molecular weight excluding hydrogens is 437 g/mol. The first-order chi connectivity index (χ1) is 14.1. The summed E-state index contributed by atoms with van der Waals surface area (Å²) < 4.78 is 87.4. The highest BCUT2D eigenvalue weighted by atomic mass is 31.2. The molecule has 3 aliphatic heterocycles. The minimum absolute atomic E-state index is 0.0373. The number of ketones is 1. The number of benzene rings is 1. The predicted molar refractivity (Wildman–Crippen MR) is 88.5 cm³/mol. The fourth-order valence-corrected chi connectivity index (χ4v) is 4.60. The first kappa shape index (κ1) is 21.1. The maximum Gasteiger partial charge on any atom is 0.475 e. The average Bonchev–Trinajstić information content (AvgIpc) is 3.06. The molecule has 1 aromatic rings. The van der Waals surface area contributed by atoms with Gasteiger partial charge in [-0.2, -0.15) is 0 Å². The summed E-state index contributed by atoms with van der Waals surface area (Å²) in [5, 5.41) is 0. The zero-order chi connectivity index (χ0) is 21.6. The molecule has 2 fully saturated rings. The lowest BCUT2D eigenvalue weighted by Gasteiger charge is -2.30. The first-order valence-electron chi connectivity index (χ1n) is 8.73. The van der Waals surface area contributed by atoms with E-state index in [0.717, 1.165) is 11.1 Å². The Morgan fingerprint density at radius 3 is 2.53 bits per heavy atom. The molecule has 3 heterocycles. The van der Waals surface area contributed by atoms with Gasteiger partial charge in [0.05, 0.1) is 25.2 Å². The fraction of sp³-hybridized carbons (Fsp3) is 0.412. The zero-order valence-electron chi connectivity index (χ0n) is 15.1. The Hall–Kier alpha value is -2.11. The first-order valence-corrected chi connectivity index (χ1v) is 10.2. The van der Waals surface area contributed by atoms with Gasteiger partial charge in [-0.25, -0.2) is 22.1 Å². The SMILES string of the molecule is O=C1CC(=O)N([C@H]2C[C@@H]3O[P@](=O)(OCc4c(F)cc(F)cc4F)OC[C@H]3O2)C=C1F. The van der Waals surface area contributed by atoms with Gasteiger partial charge < -0.3 is 4.74 Å². The van der Waals surface area contributed by atoms with E-state index in [0.29, 0.717) is 12.1 Å². The normalized spacial score (nSPS) is 31.7. The van der Waals surface area contributed by atoms with E-state index in [2.05, 4.69) is 0 Å². The van der Waals surface area contributed by atoms with Crippen LogP contribution in [0, 0.1) is 17.5 Å². The lowest BCUT2D eigenvalue weighted by molar-refractivity contribution is -0.146. The van der Waals surface area contributed by atoms with Crippen molar-refractivity contribution < 1.29 is 50.0 Å². The molecule has 1 amide bonds. The van der Waals surface area contributed by atoms with Crippen molar-refractivity contribution in [1.29, 1.82) is 0 Å². The highest BCUT2D eigenvalue weighted by Gasteiger charge is 2.49. The number of ether oxygens (including phenoxy) is 1. The number of carbonyl (C=O) groups is 2. The largest absolute Gasteiger partial charge is 0.475 e. The van der Waals surface area contributed by atoms with Crippen LogP contribution < -0.4 is 0 Å². The van der Waals surface area contributed by atoms with Crippen molar-refractivity contribution in [2.75, 3.05) is 6.61 Å². The molecule has 0 aliphatic carbocycles. The number of allylic oxidation sites excluding steroid dienone is 1. The van der Waals surface area contributed by atoms with Crippen molar-refractivity contribution in [2.24, 2.45) is 0 Å². The van der Waals surface area contributed by atoms with Gasteiger partial charge >= 0.3 is 7.82 Å². The van der Waals surface area contributed by atoms with Crippen LogP contribution in [0.1, 0.15) is 18.4 Å². The van der Waals surface area contributed by atoms with Crippen molar-refractivity contribution in [3.05, 3.63) is 47.2 Å². The van der Waals surface area contributed by atoms with E-state index in [1.165, 1.54) is 0 Å². The summed E-state index contributed by atoms with van der Waals surface area (Å²) >= 11 is 0. The van der Waals surface area contributed by atoms with Crippen LogP contribution in [0.3, 0.4) is 0 Å². The Kier molecular flexibility index (Phi) is 5.54. The van der Waals surface area contributed by atoms with Gasteiger partial charge in [0, 0.05) is 24.8 Å². The summed E-state index contributed by atoms with van der Waals surface area (Å²) in [7, 11) is -4.26. The number of amides is 1. The number of hydrogen-bond acceptors (Lipinski definition) is 7. The van der Waals surface area contributed by atoms with Gasteiger partial charge in [-0.05, 0) is 0 Å². The van der Waals surface area contributed by atoms with E-state index in [1.54, 1.807) is 0 Å². The number of phosphoric ester groups is 1. The van der Waals surface area contributed by atoms with E-state index in [4.69, 9.17) is 18.3 Å². The van der Waals surface area contributed by atoms with Gasteiger partial charge in [0.1, 0.15) is 35.9 Å². The number of hydrogen-bond donors (Lipinski definition) is 0. The van der Waals surface area contributed by atoms with Crippen molar-refractivity contribution in [3.8, 4) is 0 Å². The molecular formula is C17H14F4NO7P. The Morgan fingerprint density at radius 1 is 1.13 bits per heavy atom. The minimum Gasteiger partial charge on any atom is -0.349 e. The van der Waals surface area contributed by atoms with Crippen LogP contribution >= 0.6 is 7.82 Å². The summed E-state index contributed by atoms with van der Waals surface area (Å²) in [5.74, 6) is -6.29. The van der Waals surface area contributed by atoms with E-state index >= 15 is 0 Å². The third-order valence-corrected chi connectivity index (χ3v) is 6.18. The maximum atomic E-state index is 13.7. The molecule has 0 N–H and O–H groups in total. The Labute approximate surface area is 166 Å². The molecule has 13 heteroatoms. The number of phosphoric acid groups is 1. The monoisotopic (exact) mass is 451 g/mol. The second-order valence-electron chi connectivity index (χ2n) is 6.75. The Balaban J connectivity index is 1.42. The molecule has 0 spiro atoms. The third-order valence-electron chi connectivity index (χ3n) is 4.74.